The number of hydrogen-bond acceptors (Lipinski definition) is 4. The summed E-state index contributed by atoms with van der Waals surface area (Å²) in [5.74, 6) is 0.0590. The molecule has 0 bridgehead atoms. The summed E-state index contributed by atoms with van der Waals surface area (Å²) >= 11 is 6.02. The molecule has 0 saturated heterocycles. The Morgan fingerprint density at radius 2 is 1.95 bits per heavy atom. The average Bonchev–Trinajstić information content (AvgIpc) is 2.70. The van der Waals surface area contributed by atoms with Gasteiger partial charge in [-0.2, -0.15) is 0 Å². The SMILES string of the molecule is COC1(OC)CC(C(=O)N2CC(C)(C)c3ccc(Cl)nc32)C1. The summed E-state index contributed by atoms with van der Waals surface area (Å²) in [7, 11) is 3.22. The average molecular weight is 325 g/mol. The zero-order valence-corrected chi connectivity index (χ0v) is 14.1. The molecule has 1 fully saturated rings. The number of halogens is 1. The second-order valence-corrected chi connectivity index (χ2v) is 7.12. The molecule has 1 saturated carbocycles. The molecule has 0 N–H and O–H groups in total. The van der Waals surface area contributed by atoms with Crippen LogP contribution in [0.4, 0.5) is 5.82 Å². The smallest absolute Gasteiger partial charge is 0.231 e. The molecule has 1 amide bonds. The van der Waals surface area contributed by atoms with Gasteiger partial charge in [-0.05, 0) is 6.07 Å². The van der Waals surface area contributed by atoms with E-state index in [0.717, 1.165) is 5.56 Å². The van der Waals surface area contributed by atoms with E-state index in [0.29, 0.717) is 30.4 Å². The van der Waals surface area contributed by atoms with Crippen molar-refractivity contribution in [2.45, 2.75) is 37.9 Å². The van der Waals surface area contributed by atoms with Crippen LogP contribution in [0, 0.1) is 5.92 Å². The first-order valence-corrected chi connectivity index (χ1v) is 7.78. The quantitative estimate of drug-likeness (QED) is 0.633. The van der Waals surface area contributed by atoms with Crippen LogP contribution >= 0.6 is 11.6 Å². The molecule has 120 valence electrons. The molecule has 5 nitrogen and oxygen atoms in total. The highest BCUT2D eigenvalue weighted by atomic mass is 35.5. The van der Waals surface area contributed by atoms with Gasteiger partial charge in [0.2, 0.25) is 5.91 Å². The molecule has 2 aliphatic rings. The number of pyridine rings is 1. The molecular weight excluding hydrogens is 304 g/mol. The molecule has 1 aromatic rings. The van der Waals surface area contributed by atoms with E-state index in [4.69, 9.17) is 21.1 Å². The van der Waals surface area contributed by atoms with Crippen molar-refractivity contribution in [3.63, 3.8) is 0 Å². The number of methoxy groups -OCH3 is 2. The minimum absolute atomic E-state index is 0.0753. The second-order valence-electron chi connectivity index (χ2n) is 6.74. The maximum Gasteiger partial charge on any atom is 0.231 e. The van der Waals surface area contributed by atoms with E-state index in [2.05, 4.69) is 18.8 Å². The first kappa shape index (κ1) is 15.7. The molecule has 0 atom stereocenters. The van der Waals surface area contributed by atoms with Gasteiger partial charge in [0.05, 0.1) is 0 Å². The van der Waals surface area contributed by atoms with Gasteiger partial charge in [-0.3, -0.25) is 9.69 Å². The minimum Gasteiger partial charge on any atom is -0.353 e. The predicted octanol–water partition coefficient (Wildman–Crippen LogP) is 2.76. The molecule has 1 aliphatic heterocycles. The van der Waals surface area contributed by atoms with Crippen molar-refractivity contribution in [1.82, 2.24) is 4.98 Å². The number of fused-ring (bicyclic) bond motifs is 1. The molecule has 1 aliphatic carbocycles. The van der Waals surface area contributed by atoms with E-state index in [9.17, 15) is 4.79 Å². The fourth-order valence-corrected chi connectivity index (χ4v) is 3.54. The van der Waals surface area contributed by atoms with Crippen molar-refractivity contribution in [3.05, 3.63) is 22.8 Å². The van der Waals surface area contributed by atoms with Crippen molar-refractivity contribution >= 4 is 23.3 Å². The van der Waals surface area contributed by atoms with Crippen LogP contribution in [0.15, 0.2) is 12.1 Å². The monoisotopic (exact) mass is 324 g/mol. The topological polar surface area (TPSA) is 51.7 Å². The Labute approximate surface area is 135 Å². The molecule has 3 rings (SSSR count). The van der Waals surface area contributed by atoms with Gasteiger partial charge in [-0.15, -0.1) is 0 Å². The van der Waals surface area contributed by atoms with Crippen molar-refractivity contribution < 1.29 is 14.3 Å². The van der Waals surface area contributed by atoms with Crippen LogP contribution < -0.4 is 4.90 Å². The van der Waals surface area contributed by atoms with Crippen molar-refractivity contribution in [3.8, 4) is 0 Å². The Morgan fingerprint density at radius 3 is 2.55 bits per heavy atom. The lowest BCUT2D eigenvalue weighted by Crippen LogP contribution is -2.53. The Hall–Kier alpha value is -1.17. The van der Waals surface area contributed by atoms with Crippen molar-refractivity contribution in [2.75, 3.05) is 25.7 Å². The number of amides is 1. The van der Waals surface area contributed by atoms with Gasteiger partial charge in [-0.25, -0.2) is 4.98 Å². The van der Waals surface area contributed by atoms with Crippen LogP contribution in [0.2, 0.25) is 5.15 Å². The molecule has 0 radical (unpaired) electrons. The van der Waals surface area contributed by atoms with Crippen molar-refractivity contribution in [1.29, 1.82) is 0 Å². The standard InChI is InChI=1S/C16H21ClN2O3/c1-15(2)9-19(13-11(15)5-6-12(17)18-13)14(20)10-7-16(8-10,21-3)22-4/h5-6,10H,7-9H2,1-4H3. The highest BCUT2D eigenvalue weighted by Crippen LogP contribution is 2.46. The summed E-state index contributed by atoms with van der Waals surface area (Å²) in [6.45, 7) is 4.85. The van der Waals surface area contributed by atoms with Crippen LogP contribution in [-0.2, 0) is 19.7 Å². The number of anilines is 1. The highest BCUT2D eigenvalue weighted by Gasteiger charge is 2.51. The van der Waals surface area contributed by atoms with Gasteiger partial charge < -0.3 is 9.47 Å². The number of nitrogens with zero attached hydrogens (tertiary/aromatic N) is 2. The molecule has 1 aromatic heterocycles. The summed E-state index contributed by atoms with van der Waals surface area (Å²) in [4.78, 5) is 19.0. The summed E-state index contributed by atoms with van der Waals surface area (Å²) in [5, 5.41) is 0.408. The van der Waals surface area contributed by atoms with E-state index in [1.165, 1.54) is 0 Å². The van der Waals surface area contributed by atoms with Gasteiger partial charge in [0.15, 0.2) is 5.79 Å². The highest BCUT2D eigenvalue weighted by molar-refractivity contribution is 6.29. The molecule has 2 heterocycles. The zero-order valence-electron chi connectivity index (χ0n) is 13.4. The number of carbonyl (C=O) groups is 1. The zero-order chi connectivity index (χ0) is 16.1. The lowest BCUT2D eigenvalue weighted by molar-refractivity contribution is -0.266. The number of aromatic nitrogens is 1. The lowest BCUT2D eigenvalue weighted by Gasteiger charge is -2.45. The Kier molecular flexibility index (Phi) is 3.70. The Morgan fingerprint density at radius 1 is 1.32 bits per heavy atom. The van der Waals surface area contributed by atoms with E-state index in [1.54, 1.807) is 25.2 Å². The fraction of sp³-hybridized carbons (Fsp3) is 0.625. The number of rotatable bonds is 3. The molecular formula is C16H21ClN2O3. The molecule has 0 spiro atoms. The van der Waals surface area contributed by atoms with Crippen LogP contribution in [0.1, 0.15) is 32.3 Å². The van der Waals surface area contributed by atoms with Crippen molar-refractivity contribution in [2.24, 2.45) is 5.92 Å². The Bertz CT molecular complexity index is 605. The maximum absolute atomic E-state index is 12.8. The first-order valence-electron chi connectivity index (χ1n) is 7.41. The van der Waals surface area contributed by atoms with Crippen LogP contribution in [-0.4, -0.2) is 37.4 Å². The third-order valence-electron chi connectivity index (χ3n) is 4.85. The summed E-state index contributed by atoms with van der Waals surface area (Å²) in [6.07, 6.45) is 1.15. The minimum atomic E-state index is -0.611. The van der Waals surface area contributed by atoms with Gasteiger partial charge in [0.1, 0.15) is 11.0 Å². The number of ether oxygens (including phenoxy) is 2. The van der Waals surface area contributed by atoms with Gasteiger partial charge in [-0.1, -0.05) is 31.5 Å². The van der Waals surface area contributed by atoms with E-state index in [1.807, 2.05) is 6.07 Å². The molecule has 22 heavy (non-hydrogen) atoms. The van der Waals surface area contributed by atoms with Gasteiger partial charge >= 0.3 is 0 Å². The van der Waals surface area contributed by atoms with Gasteiger partial charge in [0.25, 0.3) is 0 Å². The van der Waals surface area contributed by atoms with E-state index < -0.39 is 5.79 Å². The Balaban J connectivity index is 1.83. The van der Waals surface area contributed by atoms with E-state index in [-0.39, 0.29) is 17.2 Å². The third kappa shape index (κ3) is 2.32. The fourth-order valence-electron chi connectivity index (χ4n) is 3.40. The van der Waals surface area contributed by atoms with Crippen LogP contribution in [0.3, 0.4) is 0 Å². The maximum atomic E-state index is 12.8. The normalized spacial score (nSPS) is 22.3. The number of hydrogen-bond donors (Lipinski definition) is 0. The van der Waals surface area contributed by atoms with Crippen LogP contribution in [0.5, 0.6) is 0 Å². The molecule has 6 heteroatoms. The van der Waals surface area contributed by atoms with Crippen LogP contribution in [0.25, 0.3) is 0 Å². The lowest BCUT2D eigenvalue weighted by atomic mass is 9.77. The summed E-state index contributed by atoms with van der Waals surface area (Å²) in [5.41, 5.74) is 0.945. The first-order chi connectivity index (χ1) is 10.3. The second kappa shape index (κ2) is 5.18. The molecule has 0 aromatic carbocycles. The molecule has 0 unspecified atom stereocenters. The largest absolute Gasteiger partial charge is 0.353 e. The summed E-state index contributed by atoms with van der Waals surface area (Å²) < 4.78 is 10.7. The third-order valence-corrected chi connectivity index (χ3v) is 5.06. The van der Waals surface area contributed by atoms with E-state index >= 15 is 0 Å². The number of carbonyl (C=O) groups excluding carboxylic acids is 1. The summed E-state index contributed by atoms with van der Waals surface area (Å²) in [6, 6.07) is 3.74. The van der Waals surface area contributed by atoms with Gasteiger partial charge in [0, 0.05) is 50.5 Å². The predicted molar refractivity (Wildman–Crippen MR) is 84.1 cm³/mol.